The van der Waals surface area contributed by atoms with Crippen molar-refractivity contribution in [1.82, 2.24) is 0 Å². The normalized spacial score (nSPS) is 14.3. The van der Waals surface area contributed by atoms with Crippen molar-refractivity contribution in [2.45, 2.75) is 46.0 Å². The number of hydrogen-bond acceptors (Lipinski definition) is 1. The van der Waals surface area contributed by atoms with Crippen LogP contribution in [0.25, 0.3) is 0 Å². The first kappa shape index (κ1) is 14.2. The van der Waals surface area contributed by atoms with Gasteiger partial charge < -0.3 is 5.73 Å². The van der Waals surface area contributed by atoms with Crippen LogP contribution in [0.3, 0.4) is 0 Å². The van der Waals surface area contributed by atoms with Crippen molar-refractivity contribution in [3.05, 3.63) is 35.4 Å². The fourth-order valence-corrected chi connectivity index (χ4v) is 2.11. The van der Waals surface area contributed by atoms with Crippen LogP contribution in [0.4, 0.5) is 0 Å². The number of hydrogen-bond donors (Lipinski definition) is 1. The van der Waals surface area contributed by atoms with Crippen molar-refractivity contribution in [3.8, 4) is 0 Å². The molecule has 1 nitrogen and oxygen atoms in total. The number of benzene rings is 1. The highest BCUT2D eigenvalue weighted by Crippen LogP contribution is 2.24. The molecular formula is C15H23NS. The molecule has 2 atom stereocenters. The Balaban J connectivity index is 2.69. The van der Waals surface area contributed by atoms with Gasteiger partial charge >= 0.3 is 0 Å². The topological polar surface area (TPSA) is 26.0 Å². The second kappa shape index (κ2) is 6.75. The predicted octanol–water partition coefficient (Wildman–Crippen LogP) is 4.05. The third-order valence-corrected chi connectivity index (χ3v) is 3.90. The molecular weight excluding hydrogens is 226 g/mol. The molecule has 0 bridgehead atoms. The molecule has 2 unspecified atom stereocenters. The zero-order chi connectivity index (χ0) is 12.8. The predicted molar refractivity (Wildman–Crippen MR) is 79.4 cm³/mol. The summed E-state index contributed by atoms with van der Waals surface area (Å²) in [5.41, 5.74) is 8.45. The number of thiocarbonyl (C=S) groups is 1. The lowest BCUT2D eigenvalue weighted by molar-refractivity contribution is 0.626. The van der Waals surface area contributed by atoms with Crippen LogP contribution in [0.15, 0.2) is 24.3 Å². The summed E-state index contributed by atoms with van der Waals surface area (Å²) >= 11 is 5.06. The molecule has 0 aliphatic heterocycles. The summed E-state index contributed by atoms with van der Waals surface area (Å²) in [4.78, 5) is 0.604. The van der Waals surface area contributed by atoms with E-state index in [1.165, 1.54) is 30.4 Å². The Morgan fingerprint density at radius 1 is 1.24 bits per heavy atom. The number of nitrogens with two attached hydrogens (primary N) is 1. The minimum Gasteiger partial charge on any atom is -0.393 e. The maximum Gasteiger partial charge on any atom is 0.0761 e. The minimum absolute atomic E-state index is 0.256. The van der Waals surface area contributed by atoms with Crippen molar-refractivity contribution in [2.75, 3.05) is 0 Å². The van der Waals surface area contributed by atoms with Crippen molar-refractivity contribution in [2.24, 2.45) is 11.7 Å². The lowest BCUT2D eigenvalue weighted by Crippen LogP contribution is -2.23. The van der Waals surface area contributed by atoms with Crippen LogP contribution in [0.1, 0.15) is 50.7 Å². The molecule has 0 spiro atoms. The fourth-order valence-electron chi connectivity index (χ4n) is 1.90. The van der Waals surface area contributed by atoms with Gasteiger partial charge in [0.2, 0.25) is 0 Å². The maximum atomic E-state index is 5.70. The monoisotopic (exact) mass is 249 g/mol. The highest BCUT2D eigenvalue weighted by Gasteiger charge is 2.16. The van der Waals surface area contributed by atoms with E-state index in [2.05, 4.69) is 45.0 Å². The number of aryl methyl sites for hydroxylation is 1. The van der Waals surface area contributed by atoms with Crippen LogP contribution in [0, 0.1) is 5.92 Å². The van der Waals surface area contributed by atoms with Gasteiger partial charge in [0, 0.05) is 5.92 Å². The van der Waals surface area contributed by atoms with E-state index in [1.807, 2.05) is 0 Å². The molecule has 2 heteroatoms. The van der Waals surface area contributed by atoms with Crippen LogP contribution in [0.2, 0.25) is 0 Å². The van der Waals surface area contributed by atoms with Gasteiger partial charge in [-0.2, -0.15) is 0 Å². The van der Waals surface area contributed by atoms with Gasteiger partial charge in [-0.3, -0.25) is 0 Å². The van der Waals surface area contributed by atoms with Crippen LogP contribution >= 0.6 is 12.2 Å². The second-order valence-electron chi connectivity index (χ2n) is 4.82. The van der Waals surface area contributed by atoms with Crippen molar-refractivity contribution in [1.29, 1.82) is 0 Å². The van der Waals surface area contributed by atoms with Gasteiger partial charge in [-0.25, -0.2) is 0 Å². The molecule has 94 valence electrons. The third kappa shape index (κ3) is 4.12. The van der Waals surface area contributed by atoms with Gasteiger partial charge in [-0.05, 0) is 29.9 Å². The first-order valence-electron chi connectivity index (χ1n) is 6.44. The van der Waals surface area contributed by atoms with E-state index in [-0.39, 0.29) is 5.92 Å². The highest BCUT2D eigenvalue weighted by atomic mass is 32.1. The van der Waals surface area contributed by atoms with E-state index < -0.39 is 0 Å². The van der Waals surface area contributed by atoms with Crippen LogP contribution in [0.5, 0.6) is 0 Å². The first-order valence-corrected chi connectivity index (χ1v) is 6.85. The summed E-state index contributed by atoms with van der Waals surface area (Å²) < 4.78 is 0. The zero-order valence-electron chi connectivity index (χ0n) is 11.1. The Bertz CT molecular complexity index is 356. The number of unbranched alkanes of at least 4 members (excludes halogenated alkanes) is 1. The van der Waals surface area contributed by atoms with Gasteiger partial charge in [0.05, 0.1) is 4.99 Å². The maximum absolute atomic E-state index is 5.70. The Kier molecular flexibility index (Phi) is 5.63. The average molecular weight is 249 g/mol. The van der Waals surface area contributed by atoms with Gasteiger partial charge in [0.15, 0.2) is 0 Å². The molecule has 0 aliphatic rings. The fraction of sp³-hybridized carbons (Fsp3) is 0.533. The van der Waals surface area contributed by atoms with Crippen LogP contribution < -0.4 is 5.73 Å². The van der Waals surface area contributed by atoms with E-state index in [1.54, 1.807) is 0 Å². The molecule has 0 amide bonds. The smallest absolute Gasteiger partial charge is 0.0761 e. The molecule has 2 N–H and O–H groups in total. The van der Waals surface area contributed by atoms with Crippen molar-refractivity contribution < 1.29 is 0 Å². The molecule has 0 heterocycles. The average Bonchev–Trinajstić information content (AvgIpc) is 2.35. The second-order valence-corrected chi connectivity index (χ2v) is 5.30. The Morgan fingerprint density at radius 2 is 1.82 bits per heavy atom. The SMILES string of the molecule is CCCCc1ccc(C(C)C(C)C(N)=S)cc1. The Morgan fingerprint density at radius 3 is 2.29 bits per heavy atom. The Labute approximate surface area is 110 Å². The molecule has 0 aliphatic carbocycles. The third-order valence-electron chi connectivity index (χ3n) is 3.52. The summed E-state index contributed by atoms with van der Waals surface area (Å²) in [6.45, 7) is 6.50. The summed E-state index contributed by atoms with van der Waals surface area (Å²) in [5, 5.41) is 0. The lowest BCUT2D eigenvalue weighted by atomic mass is 9.88. The van der Waals surface area contributed by atoms with Gasteiger partial charge in [-0.15, -0.1) is 0 Å². The zero-order valence-corrected chi connectivity index (χ0v) is 11.9. The molecule has 1 aromatic carbocycles. The molecule has 17 heavy (non-hydrogen) atoms. The quantitative estimate of drug-likeness (QED) is 0.770. The van der Waals surface area contributed by atoms with Gasteiger partial charge in [0.25, 0.3) is 0 Å². The Hall–Kier alpha value is -0.890. The van der Waals surface area contributed by atoms with E-state index >= 15 is 0 Å². The van der Waals surface area contributed by atoms with E-state index in [0.717, 1.165) is 0 Å². The van der Waals surface area contributed by atoms with E-state index in [4.69, 9.17) is 18.0 Å². The van der Waals surface area contributed by atoms with Crippen LogP contribution in [-0.4, -0.2) is 4.99 Å². The lowest BCUT2D eigenvalue weighted by Gasteiger charge is -2.19. The largest absolute Gasteiger partial charge is 0.393 e. The van der Waals surface area contributed by atoms with E-state index in [9.17, 15) is 0 Å². The van der Waals surface area contributed by atoms with Crippen molar-refractivity contribution >= 4 is 17.2 Å². The summed E-state index contributed by atoms with van der Waals surface area (Å²) in [5.74, 6) is 0.652. The molecule has 0 fully saturated rings. The van der Waals surface area contributed by atoms with Crippen LogP contribution in [-0.2, 0) is 6.42 Å². The minimum atomic E-state index is 0.256. The first-order chi connectivity index (χ1) is 8.06. The highest BCUT2D eigenvalue weighted by molar-refractivity contribution is 7.80. The molecule has 0 radical (unpaired) electrons. The molecule has 0 saturated heterocycles. The summed E-state index contributed by atoms with van der Waals surface area (Å²) in [6.07, 6.45) is 3.69. The van der Waals surface area contributed by atoms with E-state index in [0.29, 0.717) is 10.9 Å². The van der Waals surface area contributed by atoms with Crippen molar-refractivity contribution in [3.63, 3.8) is 0 Å². The molecule has 1 aromatic rings. The molecule has 1 rings (SSSR count). The summed E-state index contributed by atoms with van der Waals surface area (Å²) in [6, 6.07) is 8.89. The molecule has 0 aromatic heterocycles. The summed E-state index contributed by atoms with van der Waals surface area (Å²) in [7, 11) is 0. The standard InChI is InChI=1S/C15H23NS/c1-4-5-6-13-7-9-14(10-8-13)11(2)12(3)15(16)17/h7-12H,4-6H2,1-3H3,(H2,16,17). The molecule has 0 saturated carbocycles. The van der Waals surface area contributed by atoms with Gasteiger partial charge in [0.1, 0.15) is 0 Å². The number of rotatable bonds is 6. The van der Waals surface area contributed by atoms with Gasteiger partial charge in [-0.1, -0.05) is 63.7 Å².